The summed E-state index contributed by atoms with van der Waals surface area (Å²) in [5, 5.41) is 11.1. The van der Waals surface area contributed by atoms with Gasteiger partial charge in [0.1, 0.15) is 5.01 Å². The summed E-state index contributed by atoms with van der Waals surface area (Å²) in [6.07, 6.45) is 5.21. The molecule has 0 aliphatic rings. The minimum Gasteiger partial charge on any atom is -0.476 e. The van der Waals surface area contributed by atoms with E-state index in [1.54, 1.807) is 17.1 Å². The van der Waals surface area contributed by atoms with Crippen LogP contribution in [-0.2, 0) is 5.75 Å². The average Bonchev–Trinajstić information content (AvgIpc) is 2.89. The fourth-order valence-electron chi connectivity index (χ4n) is 1.53. The highest BCUT2D eigenvalue weighted by Gasteiger charge is 2.10. The first-order valence-corrected chi connectivity index (χ1v) is 7.53. The molecule has 0 bridgehead atoms. The van der Waals surface area contributed by atoms with Gasteiger partial charge in [-0.3, -0.25) is 0 Å². The largest absolute Gasteiger partial charge is 0.476 e. The molecular weight excluding hydrogens is 278 g/mol. The number of hydrogen-bond donors (Lipinski definition) is 1. The van der Waals surface area contributed by atoms with Gasteiger partial charge in [-0.25, -0.2) is 9.78 Å². The maximum Gasteiger partial charge on any atom is 0.355 e. The number of benzene rings is 1. The Bertz CT molecular complexity index is 628. The van der Waals surface area contributed by atoms with Gasteiger partial charge in [-0.05, 0) is 11.6 Å². The summed E-state index contributed by atoms with van der Waals surface area (Å²) >= 11 is 3.01. The highest BCUT2D eigenvalue weighted by molar-refractivity contribution is 7.98. The lowest BCUT2D eigenvalue weighted by Gasteiger charge is -2.02. The Labute approximate surface area is 119 Å². The van der Waals surface area contributed by atoms with Gasteiger partial charge in [0.05, 0.1) is 5.75 Å². The molecule has 0 atom stereocenters. The number of aromatic carboxylic acids is 1. The van der Waals surface area contributed by atoms with Crippen molar-refractivity contribution in [3.63, 3.8) is 0 Å². The maximum absolute atomic E-state index is 10.8. The average molecular weight is 289 g/mol. The minimum absolute atomic E-state index is 0.0899. The van der Waals surface area contributed by atoms with Crippen molar-refractivity contribution in [2.45, 2.75) is 5.75 Å². The second kappa shape index (κ2) is 6.41. The maximum atomic E-state index is 10.8. The summed E-state index contributed by atoms with van der Waals surface area (Å²) in [4.78, 5) is 14.9. The first-order valence-electron chi connectivity index (χ1n) is 5.50. The van der Waals surface area contributed by atoms with Crippen LogP contribution in [0.25, 0.3) is 10.6 Å². The summed E-state index contributed by atoms with van der Waals surface area (Å²) in [5.74, 6) is 3.12. The van der Waals surface area contributed by atoms with Gasteiger partial charge < -0.3 is 5.11 Å². The molecule has 2 aromatic rings. The standard InChI is InChI=1S/C14H11NO2S2/c1-2-6-18-8-10-4-3-5-11(7-10)13-15-12(9-19-13)14(16)17/h1,3-5,7,9H,6,8H2,(H,16,17). The number of aromatic nitrogens is 1. The summed E-state index contributed by atoms with van der Waals surface area (Å²) in [6.45, 7) is 0. The van der Waals surface area contributed by atoms with Crippen LogP contribution in [0.4, 0.5) is 0 Å². The molecule has 0 saturated carbocycles. The van der Waals surface area contributed by atoms with Crippen molar-refractivity contribution >= 4 is 29.1 Å². The van der Waals surface area contributed by atoms with Crippen molar-refractivity contribution in [2.75, 3.05) is 5.75 Å². The third-order valence-electron chi connectivity index (χ3n) is 2.35. The number of terminal acetylenes is 1. The zero-order valence-corrected chi connectivity index (χ0v) is 11.6. The van der Waals surface area contributed by atoms with E-state index in [2.05, 4.69) is 10.9 Å². The number of thiazole rings is 1. The van der Waals surface area contributed by atoms with Crippen LogP contribution in [0, 0.1) is 12.3 Å². The van der Waals surface area contributed by atoms with Crippen LogP contribution < -0.4 is 0 Å². The molecule has 0 amide bonds. The van der Waals surface area contributed by atoms with Gasteiger partial charge in [0.15, 0.2) is 5.69 Å². The molecule has 0 spiro atoms. The number of nitrogens with zero attached hydrogens (tertiary/aromatic N) is 1. The zero-order chi connectivity index (χ0) is 13.7. The molecule has 1 aromatic heterocycles. The zero-order valence-electron chi connectivity index (χ0n) is 10.00. The summed E-state index contributed by atoms with van der Waals surface area (Å²) < 4.78 is 0. The van der Waals surface area contributed by atoms with Gasteiger partial charge in [-0.2, -0.15) is 0 Å². The summed E-state index contributed by atoms with van der Waals surface area (Å²) in [5.41, 5.74) is 2.19. The van der Waals surface area contributed by atoms with Crippen molar-refractivity contribution < 1.29 is 9.90 Å². The fourth-order valence-corrected chi connectivity index (χ4v) is 2.95. The number of carboxylic acids is 1. The van der Waals surface area contributed by atoms with Crippen LogP contribution >= 0.6 is 23.1 Å². The Morgan fingerprint density at radius 1 is 1.53 bits per heavy atom. The van der Waals surface area contributed by atoms with E-state index in [0.717, 1.165) is 21.9 Å². The molecule has 19 heavy (non-hydrogen) atoms. The van der Waals surface area contributed by atoms with Crippen LogP contribution in [0.2, 0.25) is 0 Å². The molecule has 1 aromatic carbocycles. The third-order valence-corrected chi connectivity index (χ3v) is 4.15. The molecule has 3 nitrogen and oxygen atoms in total. The first-order chi connectivity index (χ1) is 9.20. The lowest BCUT2D eigenvalue weighted by atomic mass is 10.1. The lowest BCUT2D eigenvalue weighted by Crippen LogP contribution is -1.95. The highest BCUT2D eigenvalue weighted by atomic mass is 32.2. The number of thioether (sulfide) groups is 1. The van der Waals surface area contributed by atoms with Gasteiger partial charge in [0, 0.05) is 16.7 Å². The van der Waals surface area contributed by atoms with E-state index < -0.39 is 5.97 Å². The molecule has 0 saturated heterocycles. The van der Waals surface area contributed by atoms with E-state index in [4.69, 9.17) is 11.5 Å². The molecule has 2 rings (SSSR count). The van der Waals surface area contributed by atoms with Gasteiger partial charge in [0.2, 0.25) is 0 Å². The monoisotopic (exact) mass is 289 g/mol. The number of carbonyl (C=O) groups is 1. The number of carboxylic acid groups (broad SMARTS) is 1. The van der Waals surface area contributed by atoms with Gasteiger partial charge >= 0.3 is 5.97 Å². The second-order valence-corrected chi connectivity index (χ2v) is 5.58. The smallest absolute Gasteiger partial charge is 0.355 e. The lowest BCUT2D eigenvalue weighted by molar-refractivity contribution is 0.0691. The highest BCUT2D eigenvalue weighted by Crippen LogP contribution is 2.25. The van der Waals surface area contributed by atoms with Gasteiger partial charge in [-0.15, -0.1) is 29.5 Å². The van der Waals surface area contributed by atoms with Crippen molar-refractivity contribution in [1.82, 2.24) is 4.98 Å². The third kappa shape index (κ3) is 3.60. The van der Waals surface area contributed by atoms with E-state index >= 15 is 0 Å². The van der Waals surface area contributed by atoms with Crippen LogP contribution in [0.5, 0.6) is 0 Å². The number of rotatable bonds is 5. The number of hydrogen-bond acceptors (Lipinski definition) is 4. The predicted molar refractivity (Wildman–Crippen MR) is 79.5 cm³/mol. The SMILES string of the molecule is C#CCSCc1cccc(-c2nc(C(=O)O)cs2)c1. The van der Waals surface area contributed by atoms with Crippen molar-refractivity contribution in [3.05, 3.63) is 40.9 Å². The summed E-state index contributed by atoms with van der Waals surface area (Å²) in [7, 11) is 0. The normalized spacial score (nSPS) is 10.1. The molecule has 0 aliphatic carbocycles. The Hall–Kier alpha value is -1.77. The Kier molecular flexibility index (Phi) is 4.61. The molecule has 96 valence electrons. The Morgan fingerprint density at radius 3 is 3.05 bits per heavy atom. The Morgan fingerprint density at radius 2 is 2.37 bits per heavy atom. The van der Waals surface area contributed by atoms with Crippen molar-refractivity contribution in [2.24, 2.45) is 0 Å². The topological polar surface area (TPSA) is 50.2 Å². The van der Waals surface area contributed by atoms with Gasteiger partial charge in [-0.1, -0.05) is 24.1 Å². The predicted octanol–water partition coefficient (Wildman–Crippen LogP) is 3.37. The van der Waals surface area contributed by atoms with Crippen LogP contribution in [-0.4, -0.2) is 21.8 Å². The quantitative estimate of drug-likeness (QED) is 0.677. The molecule has 0 radical (unpaired) electrons. The second-order valence-electron chi connectivity index (χ2n) is 3.74. The minimum atomic E-state index is -0.997. The molecular formula is C14H11NO2S2. The first kappa shape index (κ1) is 13.7. The van der Waals surface area contributed by atoms with Gasteiger partial charge in [0.25, 0.3) is 0 Å². The van der Waals surface area contributed by atoms with Crippen molar-refractivity contribution in [3.8, 4) is 22.9 Å². The van der Waals surface area contributed by atoms with E-state index in [-0.39, 0.29) is 5.69 Å². The van der Waals surface area contributed by atoms with Crippen LogP contribution in [0.3, 0.4) is 0 Å². The fraction of sp³-hybridized carbons (Fsp3) is 0.143. The summed E-state index contributed by atoms with van der Waals surface area (Å²) in [6, 6.07) is 7.93. The van der Waals surface area contributed by atoms with Crippen LogP contribution in [0.15, 0.2) is 29.6 Å². The van der Waals surface area contributed by atoms with Crippen LogP contribution in [0.1, 0.15) is 16.1 Å². The molecule has 0 fully saturated rings. The van der Waals surface area contributed by atoms with E-state index in [0.29, 0.717) is 5.75 Å². The van der Waals surface area contributed by atoms with E-state index in [1.165, 1.54) is 11.3 Å². The molecule has 5 heteroatoms. The molecule has 1 heterocycles. The van der Waals surface area contributed by atoms with E-state index in [1.807, 2.05) is 24.3 Å². The Balaban J connectivity index is 2.17. The van der Waals surface area contributed by atoms with E-state index in [9.17, 15) is 4.79 Å². The van der Waals surface area contributed by atoms with Crippen molar-refractivity contribution in [1.29, 1.82) is 0 Å². The molecule has 0 unspecified atom stereocenters. The molecule has 0 aliphatic heterocycles. The molecule has 1 N–H and O–H groups in total.